The minimum Gasteiger partial charge on any atom is -0.372 e. The maximum atomic E-state index is 12.9. The maximum absolute atomic E-state index is 12.9. The van der Waals surface area contributed by atoms with Gasteiger partial charge in [0.1, 0.15) is 4.90 Å². The van der Waals surface area contributed by atoms with Crippen molar-refractivity contribution >= 4 is 21.6 Å². The standard InChI is InChI=1S/C18H20ClNO3S/c1-14-12-20(24(21,22)18-10-6-5-9-17(18)19)13-16(23-14)11-15-7-3-2-4-8-15/h2-10,14,16H,11-13H2,1H3. The zero-order valence-electron chi connectivity index (χ0n) is 13.4. The summed E-state index contributed by atoms with van der Waals surface area (Å²) in [6.07, 6.45) is 0.345. The van der Waals surface area contributed by atoms with Crippen LogP contribution in [0.15, 0.2) is 59.5 Å². The highest BCUT2D eigenvalue weighted by atomic mass is 35.5. The molecule has 1 fully saturated rings. The lowest BCUT2D eigenvalue weighted by Crippen LogP contribution is -2.49. The van der Waals surface area contributed by atoms with Crippen LogP contribution < -0.4 is 0 Å². The Kier molecular flexibility index (Phi) is 5.25. The van der Waals surface area contributed by atoms with Crippen LogP contribution in [0.3, 0.4) is 0 Å². The Hall–Kier alpha value is -1.40. The van der Waals surface area contributed by atoms with E-state index in [9.17, 15) is 8.42 Å². The van der Waals surface area contributed by atoms with Crippen molar-refractivity contribution in [3.63, 3.8) is 0 Å². The first-order valence-electron chi connectivity index (χ1n) is 7.91. The van der Waals surface area contributed by atoms with E-state index in [0.29, 0.717) is 19.5 Å². The molecule has 1 saturated heterocycles. The Morgan fingerprint density at radius 2 is 1.75 bits per heavy atom. The molecule has 2 unspecified atom stereocenters. The summed E-state index contributed by atoms with van der Waals surface area (Å²) in [6.45, 7) is 2.55. The average molecular weight is 366 g/mol. The number of halogens is 1. The van der Waals surface area contributed by atoms with Crippen molar-refractivity contribution in [2.45, 2.75) is 30.4 Å². The van der Waals surface area contributed by atoms with E-state index >= 15 is 0 Å². The van der Waals surface area contributed by atoms with E-state index in [-0.39, 0.29) is 22.1 Å². The van der Waals surface area contributed by atoms with E-state index in [1.807, 2.05) is 37.3 Å². The molecule has 0 amide bonds. The normalized spacial score (nSPS) is 22.4. The minimum atomic E-state index is -3.63. The number of rotatable bonds is 4. The van der Waals surface area contributed by atoms with Gasteiger partial charge in [0, 0.05) is 13.1 Å². The summed E-state index contributed by atoms with van der Waals surface area (Å²) in [6, 6.07) is 16.5. The van der Waals surface area contributed by atoms with Crippen LogP contribution >= 0.6 is 11.6 Å². The second-order valence-corrected chi connectivity index (χ2v) is 8.32. The monoisotopic (exact) mass is 365 g/mol. The summed E-state index contributed by atoms with van der Waals surface area (Å²) in [7, 11) is -3.63. The molecule has 0 aliphatic carbocycles. The minimum absolute atomic E-state index is 0.152. The van der Waals surface area contributed by atoms with Crippen LogP contribution in [-0.2, 0) is 21.2 Å². The zero-order valence-corrected chi connectivity index (χ0v) is 15.0. The molecule has 2 aromatic carbocycles. The molecule has 0 bridgehead atoms. The smallest absolute Gasteiger partial charge is 0.244 e. The fourth-order valence-corrected chi connectivity index (χ4v) is 5.02. The van der Waals surface area contributed by atoms with E-state index in [1.54, 1.807) is 24.3 Å². The van der Waals surface area contributed by atoms with Crippen molar-refractivity contribution in [2.75, 3.05) is 13.1 Å². The largest absolute Gasteiger partial charge is 0.372 e. The number of ether oxygens (including phenoxy) is 1. The van der Waals surface area contributed by atoms with E-state index in [2.05, 4.69) is 0 Å². The van der Waals surface area contributed by atoms with Gasteiger partial charge in [-0.2, -0.15) is 4.31 Å². The van der Waals surface area contributed by atoms with Gasteiger partial charge in [0.15, 0.2) is 0 Å². The Labute approximate surface area is 148 Å². The lowest BCUT2D eigenvalue weighted by Gasteiger charge is -2.36. The Morgan fingerprint density at radius 3 is 2.46 bits per heavy atom. The third-order valence-electron chi connectivity index (χ3n) is 4.05. The molecule has 0 saturated carbocycles. The molecule has 1 aliphatic rings. The first-order chi connectivity index (χ1) is 11.5. The van der Waals surface area contributed by atoms with Gasteiger partial charge in [0.2, 0.25) is 10.0 Å². The average Bonchev–Trinajstić information content (AvgIpc) is 2.55. The van der Waals surface area contributed by atoms with E-state index in [4.69, 9.17) is 16.3 Å². The fraction of sp³-hybridized carbons (Fsp3) is 0.333. The van der Waals surface area contributed by atoms with Gasteiger partial charge in [-0.15, -0.1) is 0 Å². The van der Waals surface area contributed by atoms with Crippen LogP contribution in [0, 0.1) is 0 Å². The number of hydrogen-bond donors (Lipinski definition) is 0. The lowest BCUT2D eigenvalue weighted by molar-refractivity contribution is -0.0529. The highest BCUT2D eigenvalue weighted by Crippen LogP contribution is 2.27. The zero-order chi connectivity index (χ0) is 17.2. The fourth-order valence-electron chi connectivity index (χ4n) is 2.98. The predicted octanol–water partition coefficient (Wildman–Crippen LogP) is 3.36. The van der Waals surface area contributed by atoms with Crippen molar-refractivity contribution in [1.82, 2.24) is 4.31 Å². The second-order valence-electron chi connectivity index (χ2n) is 6.01. The topological polar surface area (TPSA) is 46.6 Å². The van der Waals surface area contributed by atoms with Crippen LogP contribution in [0.1, 0.15) is 12.5 Å². The SMILES string of the molecule is CC1CN(S(=O)(=O)c2ccccc2Cl)CC(Cc2ccccc2)O1. The number of nitrogens with zero attached hydrogens (tertiary/aromatic N) is 1. The molecule has 6 heteroatoms. The van der Waals surface area contributed by atoms with E-state index < -0.39 is 10.0 Å². The Balaban J connectivity index is 1.82. The van der Waals surface area contributed by atoms with Crippen LogP contribution in [0.4, 0.5) is 0 Å². The van der Waals surface area contributed by atoms with Crippen molar-refractivity contribution < 1.29 is 13.2 Å². The molecule has 2 atom stereocenters. The molecule has 2 aromatic rings. The quantitative estimate of drug-likeness (QED) is 0.834. The third kappa shape index (κ3) is 3.81. The van der Waals surface area contributed by atoms with Crippen LogP contribution in [0.25, 0.3) is 0 Å². The molecule has 24 heavy (non-hydrogen) atoms. The number of benzene rings is 2. The number of sulfonamides is 1. The van der Waals surface area contributed by atoms with Gasteiger partial charge in [-0.05, 0) is 31.0 Å². The first kappa shape index (κ1) is 17.4. The Morgan fingerprint density at radius 1 is 1.08 bits per heavy atom. The number of hydrogen-bond acceptors (Lipinski definition) is 3. The lowest BCUT2D eigenvalue weighted by atomic mass is 10.1. The van der Waals surface area contributed by atoms with Gasteiger partial charge < -0.3 is 4.74 Å². The van der Waals surface area contributed by atoms with Gasteiger partial charge in [-0.3, -0.25) is 0 Å². The molecular formula is C18H20ClNO3S. The molecule has 1 heterocycles. The molecule has 3 rings (SSSR count). The van der Waals surface area contributed by atoms with Gasteiger partial charge >= 0.3 is 0 Å². The van der Waals surface area contributed by atoms with Gasteiger partial charge in [0.25, 0.3) is 0 Å². The van der Waals surface area contributed by atoms with Crippen molar-refractivity contribution in [3.8, 4) is 0 Å². The summed E-state index contributed by atoms with van der Waals surface area (Å²) in [5.41, 5.74) is 1.13. The maximum Gasteiger partial charge on any atom is 0.244 e. The summed E-state index contributed by atoms with van der Waals surface area (Å²) in [5.74, 6) is 0. The third-order valence-corrected chi connectivity index (χ3v) is 6.38. The molecule has 0 aromatic heterocycles. The van der Waals surface area contributed by atoms with E-state index in [1.165, 1.54) is 4.31 Å². The predicted molar refractivity (Wildman–Crippen MR) is 94.7 cm³/mol. The molecule has 4 nitrogen and oxygen atoms in total. The van der Waals surface area contributed by atoms with Gasteiger partial charge in [-0.1, -0.05) is 54.1 Å². The number of morpholine rings is 1. The van der Waals surface area contributed by atoms with Gasteiger partial charge in [-0.25, -0.2) is 8.42 Å². The molecule has 0 N–H and O–H groups in total. The summed E-state index contributed by atoms with van der Waals surface area (Å²) < 4.78 is 33.3. The highest BCUT2D eigenvalue weighted by Gasteiger charge is 2.34. The van der Waals surface area contributed by atoms with Crippen molar-refractivity contribution in [1.29, 1.82) is 0 Å². The van der Waals surface area contributed by atoms with Crippen LogP contribution in [-0.4, -0.2) is 38.0 Å². The summed E-state index contributed by atoms with van der Waals surface area (Å²) in [4.78, 5) is 0.152. The molecule has 0 radical (unpaired) electrons. The van der Waals surface area contributed by atoms with E-state index in [0.717, 1.165) is 5.56 Å². The van der Waals surface area contributed by atoms with Gasteiger partial charge in [0.05, 0.1) is 17.2 Å². The summed E-state index contributed by atoms with van der Waals surface area (Å²) >= 11 is 6.09. The van der Waals surface area contributed by atoms with Crippen LogP contribution in [0.2, 0.25) is 5.02 Å². The summed E-state index contributed by atoms with van der Waals surface area (Å²) in [5, 5.41) is 0.247. The van der Waals surface area contributed by atoms with Crippen molar-refractivity contribution in [2.24, 2.45) is 0 Å². The highest BCUT2D eigenvalue weighted by molar-refractivity contribution is 7.89. The first-order valence-corrected chi connectivity index (χ1v) is 9.72. The molecule has 128 valence electrons. The van der Waals surface area contributed by atoms with Crippen LogP contribution in [0.5, 0.6) is 0 Å². The Bertz CT molecular complexity index is 795. The second kappa shape index (κ2) is 7.23. The van der Waals surface area contributed by atoms with Crippen molar-refractivity contribution in [3.05, 3.63) is 65.2 Å². The molecule has 1 aliphatic heterocycles. The molecular weight excluding hydrogens is 346 g/mol. The molecule has 0 spiro atoms.